The van der Waals surface area contributed by atoms with Crippen LogP contribution in [0.2, 0.25) is 0 Å². The summed E-state index contributed by atoms with van der Waals surface area (Å²) in [6, 6.07) is 7.11. The van der Waals surface area contributed by atoms with Gasteiger partial charge >= 0.3 is 12.1 Å². The molecule has 0 spiro atoms. The van der Waals surface area contributed by atoms with Gasteiger partial charge in [-0.25, -0.2) is 4.79 Å². The van der Waals surface area contributed by atoms with Gasteiger partial charge in [0.25, 0.3) is 0 Å². The average molecular weight is 433 g/mol. The van der Waals surface area contributed by atoms with Gasteiger partial charge in [-0.05, 0) is 51.3 Å². The number of carboxylic acids is 1. The van der Waals surface area contributed by atoms with Crippen LogP contribution in [0.3, 0.4) is 0 Å². The molecule has 0 aromatic heterocycles. The molecule has 0 radical (unpaired) electrons. The molecule has 1 unspecified atom stereocenters. The fourth-order valence-corrected chi connectivity index (χ4v) is 2.48. The molecule has 1 rings (SSSR count). The van der Waals surface area contributed by atoms with E-state index in [9.17, 15) is 14.4 Å². The van der Waals surface area contributed by atoms with Gasteiger partial charge in [-0.3, -0.25) is 9.59 Å². The molecule has 1 aromatic rings. The number of benzene rings is 1. The Labute approximate surface area is 183 Å². The molecule has 0 saturated carbocycles. The van der Waals surface area contributed by atoms with Crippen LogP contribution in [-0.4, -0.2) is 41.3 Å². The Morgan fingerprint density at radius 3 is 2.42 bits per heavy atom. The Balaban J connectivity index is 2.50. The van der Waals surface area contributed by atoms with Gasteiger partial charge in [-0.2, -0.15) is 0 Å². The molecule has 31 heavy (non-hydrogen) atoms. The van der Waals surface area contributed by atoms with Gasteiger partial charge in [0.05, 0.1) is 19.3 Å². The maximum atomic E-state index is 12.0. The summed E-state index contributed by atoms with van der Waals surface area (Å²) in [4.78, 5) is 33.5. The topological polar surface area (TPSA) is 128 Å². The van der Waals surface area contributed by atoms with Crippen molar-refractivity contribution >= 4 is 18.0 Å². The highest BCUT2D eigenvalue weighted by Gasteiger charge is 2.20. The predicted octanol–water partition coefficient (Wildman–Crippen LogP) is 2.97. The molecular formula is C23H32N2O6. The van der Waals surface area contributed by atoms with Crippen LogP contribution in [0, 0.1) is 11.8 Å². The number of carbonyl (C=O) groups excluding carboxylic acids is 2. The number of amides is 2. The zero-order valence-electron chi connectivity index (χ0n) is 18.4. The van der Waals surface area contributed by atoms with Gasteiger partial charge in [0, 0.05) is 24.8 Å². The third-order valence-electron chi connectivity index (χ3n) is 3.93. The lowest BCUT2D eigenvalue weighted by atomic mass is 10.1. The first-order valence-corrected chi connectivity index (χ1v) is 10.2. The van der Waals surface area contributed by atoms with Crippen molar-refractivity contribution in [2.24, 2.45) is 5.73 Å². The van der Waals surface area contributed by atoms with E-state index >= 15 is 0 Å². The molecule has 2 amide bonds. The second-order valence-corrected chi connectivity index (χ2v) is 8.11. The maximum Gasteiger partial charge on any atom is 0.407 e. The Morgan fingerprint density at radius 1 is 1.16 bits per heavy atom. The monoisotopic (exact) mass is 432 g/mol. The number of ether oxygens (including phenoxy) is 2. The van der Waals surface area contributed by atoms with Crippen molar-refractivity contribution in [3.8, 4) is 11.8 Å². The van der Waals surface area contributed by atoms with Crippen molar-refractivity contribution < 1.29 is 29.0 Å². The van der Waals surface area contributed by atoms with E-state index in [-0.39, 0.29) is 19.4 Å². The molecule has 0 heterocycles. The summed E-state index contributed by atoms with van der Waals surface area (Å²) < 4.78 is 11.0. The molecule has 4 N–H and O–H groups in total. The van der Waals surface area contributed by atoms with Crippen LogP contribution in [0.4, 0.5) is 4.79 Å². The van der Waals surface area contributed by atoms with Crippen LogP contribution < -0.4 is 11.1 Å². The molecule has 0 aliphatic carbocycles. The Kier molecular flexibility index (Phi) is 11.1. The smallest absolute Gasteiger partial charge is 0.407 e. The quantitative estimate of drug-likeness (QED) is 0.364. The molecular weight excluding hydrogens is 400 g/mol. The summed E-state index contributed by atoms with van der Waals surface area (Å²) in [6.45, 7) is 5.84. The molecule has 0 bridgehead atoms. The number of hydrogen-bond donors (Lipinski definition) is 3. The summed E-state index contributed by atoms with van der Waals surface area (Å²) >= 11 is 0. The number of aliphatic carboxylic acids is 1. The molecule has 0 fully saturated rings. The van der Waals surface area contributed by atoms with Crippen LogP contribution in [0.25, 0.3) is 0 Å². The molecule has 0 aliphatic rings. The number of carbonyl (C=O) groups is 3. The van der Waals surface area contributed by atoms with E-state index in [1.165, 1.54) is 0 Å². The first kappa shape index (κ1) is 26.0. The molecule has 8 nitrogen and oxygen atoms in total. The van der Waals surface area contributed by atoms with Crippen molar-refractivity contribution in [2.45, 2.75) is 71.1 Å². The summed E-state index contributed by atoms with van der Waals surface area (Å²) in [6.07, 6.45) is 1.09. The minimum Gasteiger partial charge on any atom is -0.481 e. The van der Waals surface area contributed by atoms with Gasteiger partial charge in [-0.1, -0.05) is 24.0 Å². The zero-order valence-corrected chi connectivity index (χ0v) is 18.4. The van der Waals surface area contributed by atoms with E-state index in [2.05, 4.69) is 17.2 Å². The predicted molar refractivity (Wildman–Crippen MR) is 116 cm³/mol. The van der Waals surface area contributed by atoms with E-state index in [0.717, 1.165) is 11.1 Å². The summed E-state index contributed by atoms with van der Waals surface area (Å²) in [5.74, 6) is 4.69. The van der Waals surface area contributed by atoms with Crippen LogP contribution >= 0.6 is 0 Å². The Hall–Kier alpha value is -3.05. The highest BCUT2D eigenvalue weighted by Crippen LogP contribution is 2.09. The molecule has 170 valence electrons. The first-order chi connectivity index (χ1) is 14.5. The van der Waals surface area contributed by atoms with Crippen LogP contribution in [0.5, 0.6) is 0 Å². The summed E-state index contributed by atoms with van der Waals surface area (Å²) in [5, 5.41) is 11.3. The average Bonchev–Trinajstić information content (AvgIpc) is 2.65. The van der Waals surface area contributed by atoms with E-state index in [0.29, 0.717) is 25.9 Å². The number of carboxylic acid groups (broad SMARTS) is 1. The number of unbranched alkanes of at least 4 members (excludes halogenated alkanes) is 1. The van der Waals surface area contributed by atoms with Crippen LogP contribution in [0.15, 0.2) is 24.3 Å². The first-order valence-electron chi connectivity index (χ1n) is 10.2. The highest BCUT2D eigenvalue weighted by atomic mass is 16.6. The third-order valence-corrected chi connectivity index (χ3v) is 3.93. The molecule has 8 heteroatoms. The van der Waals surface area contributed by atoms with Gasteiger partial charge in [0.15, 0.2) is 0 Å². The SMILES string of the molecule is CC(C)(C)OC(=O)NC(CCC(N)=O)COCc1ccc(C#CCCCC(=O)O)cc1. The minimum atomic E-state index is -0.815. The van der Waals surface area contributed by atoms with Crippen LogP contribution in [-0.2, 0) is 25.7 Å². The Bertz CT molecular complexity index is 787. The highest BCUT2D eigenvalue weighted by molar-refractivity contribution is 5.74. The van der Waals surface area contributed by atoms with E-state index in [1.807, 2.05) is 24.3 Å². The van der Waals surface area contributed by atoms with Crippen molar-refractivity contribution in [3.05, 3.63) is 35.4 Å². The number of rotatable bonds is 11. The standard InChI is InChI=1S/C23H32N2O6/c1-23(2,3)31-22(29)25-19(13-14-20(24)26)16-30-15-18-11-9-17(10-12-18)7-5-4-6-8-21(27)28/h9-12,19H,4,6,8,13-16H2,1-3H3,(H2,24,26)(H,25,29)(H,27,28). The second kappa shape index (κ2) is 13.3. The van der Waals surface area contributed by atoms with Crippen molar-refractivity contribution in [3.63, 3.8) is 0 Å². The molecule has 0 saturated heterocycles. The fourth-order valence-electron chi connectivity index (χ4n) is 2.48. The van der Waals surface area contributed by atoms with Gasteiger partial charge in [0.2, 0.25) is 5.91 Å². The largest absolute Gasteiger partial charge is 0.481 e. The van der Waals surface area contributed by atoms with E-state index in [1.54, 1.807) is 20.8 Å². The van der Waals surface area contributed by atoms with Gasteiger partial charge in [-0.15, -0.1) is 0 Å². The summed E-state index contributed by atoms with van der Waals surface area (Å²) in [5.41, 5.74) is 6.36. The summed E-state index contributed by atoms with van der Waals surface area (Å²) in [7, 11) is 0. The lowest BCUT2D eigenvalue weighted by Gasteiger charge is -2.23. The third kappa shape index (κ3) is 13.7. The normalized spacial score (nSPS) is 11.7. The van der Waals surface area contributed by atoms with E-state index < -0.39 is 29.6 Å². The molecule has 1 atom stereocenters. The number of nitrogens with one attached hydrogen (secondary N) is 1. The number of primary amides is 1. The molecule has 0 aliphatic heterocycles. The van der Waals surface area contributed by atoms with Crippen molar-refractivity contribution in [1.29, 1.82) is 0 Å². The minimum absolute atomic E-state index is 0.119. The number of alkyl carbamates (subject to hydrolysis) is 1. The van der Waals surface area contributed by atoms with Crippen LogP contribution in [0.1, 0.15) is 64.0 Å². The zero-order chi connectivity index (χ0) is 23.3. The van der Waals surface area contributed by atoms with Gasteiger partial charge < -0.3 is 25.6 Å². The molecule has 1 aromatic carbocycles. The Morgan fingerprint density at radius 2 is 1.84 bits per heavy atom. The lowest BCUT2D eigenvalue weighted by molar-refractivity contribution is -0.137. The fraction of sp³-hybridized carbons (Fsp3) is 0.522. The van der Waals surface area contributed by atoms with Crippen molar-refractivity contribution in [1.82, 2.24) is 5.32 Å². The lowest BCUT2D eigenvalue weighted by Crippen LogP contribution is -2.42. The van der Waals surface area contributed by atoms with Gasteiger partial charge in [0.1, 0.15) is 5.60 Å². The van der Waals surface area contributed by atoms with E-state index in [4.69, 9.17) is 20.3 Å². The number of nitrogens with two attached hydrogens (primary N) is 1. The maximum absolute atomic E-state index is 12.0. The van der Waals surface area contributed by atoms with Crippen molar-refractivity contribution in [2.75, 3.05) is 6.61 Å². The number of hydrogen-bond acceptors (Lipinski definition) is 5. The second-order valence-electron chi connectivity index (χ2n) is 8.11.